The fourth-order valence-corrected chi connectivity index (χ4v) is 4.60. The Labute approximate surface area is 173 Å². The Morgan fingerprint density at radius 2 is 1.97 bits per heavy atom. The molecule has 1 saturated heterocycles. The molecule has 0 saturated carbocycles. The maximum absolute atomic E-state index is 13.5. The number of ether oxygens (including phenoxy) is 5. The van der Waals surface area contributed by atoms with Gasteiger partial charge in [0, 0.05) is 5.92 Å². The van der Waals surface area contributed by atoms with Gasteiger partial charge in [-0.15, -0.1) is 0 Å². The van der Waals surface area contributed by atoms with E-state index in [-0.39, 0.29) is 24.4 Å². The molecular weight excluding hydrogens is 391 g/mol. The fraction of sp³-hybridized carbons (Fsp3) is 0.435. The Bertz CT molecular complexity index is 996. The van der Waals surface area contributed by atoms with Crippen molar-refractivity contribution >= 4 is 11.9 Å². The van der Waals surface area contributed by atoms with Crippen LogP contribution in [-0.2, 0) is 14.2 Å². The molecule has 6 nitrogen and oxygen atoms in total. The molecule has 5 atom stereocenters. The van der Waals surface area contributed by atoms with Crippen molar-refractivity contribution in [2.24, 2.45) is 11.8 Å². The molecule has 1 aromatic carbocycles. The predicted molar refractivity (Wildman–Crippen MR) is 106 cm³/mol. The third kappa shape index (κ3) is 2.75. The zero-order valence-corrected chi connectivity index (χ0v) is 17.0. The van der Waals surface area contributed by atoms with Crippen molar-refractivity contribution in [3.05, 3.63) is 53.0 Å². The molecule has 3 heterocycles. The molecule has 7 heteroatoms. The summed E-state index contributed by atoms with van der Waals surface area (Å²) in [7, 11) is 3.14. The largest absolute Gasteiger partial charge is 0.493 e. The van der Waals surface area contributed by atoms with Crippen molar-refractivity contribution in [1.29, 1.82) is 0 Å². The van der Waals surface area contributed by atoms with Crippen LogP contribution in [0.5, 0.6) is 11.5 Å². The van der Waals surface area contributed by atoms with E-state index in [1.165, 1.54) is 0 Å². The summed E-state index contributed by atoms with van der Waals surface area (Å²) in [4.78, 5) is 13.5. The minimum Gasteiger partial charge on any atom is -0.493 e. The van der Waals surface area contributed by atoms with Crippen molar-refractivity contribution < 1.29 is 32.9 Å². The molecular formula is C23H23FO6. The standard InChI is InChI=1S/C23H23FO6/c1-23(11-24)7-6-12-15(30-23)5-4-13-21(25)20-14-8-17(26-2)18(27-3)9-16(14)28-10-19(20)29-22(12)13/h4-9,14,16,19-20H,10-11H2,1-3H3. The number of halogens is 1. The van der Waals surface area contributed by atoms with Gasteiger partial charge in [-0.2, -0.15) is 0 Å². The predicted octanol–water partition coefficient (Wildman–Crippen LogP) is 3.47. The molecule has 1 aromatic rings. The summed E-state index contributed by atoms with van der Waals surface area (Å²) in [6.07, 6.45) is 6.45. The molecule has 5 unspecified atom stereocenters. The van der Waals surface area contributed by atoms with E-state index < -0.39 is 24.3 Å². The maximum Gasteiger partial charge on any atom is 0.174 e. The van der Waals surface area contributed by atoms with Crippen LogP contribution >= 0.6 is 0 Å². The van der Waals surface area contributed by atoms with E-state index >= 15 is 0 Å². The van der Waals surface area contributed by atoms with Gasteiger partial charge in [-0.25, -0.2) is 4.39 Å². The SMILES string of the molecule is COC1=CC2OCC3Oc4c(ccc5c4C=CC(C)(CF)O5)C(=O)C3C2C=C1OC. The number of carbonyl (C=O) groups is 1. The van der Waals surface area contributed by atoms with Crippen molar-refractivity contribution in [2.45, 2.75) is 24.7 Å². The highest BCUT2D eigenvalue weighted by Crippen LogP contribution is 2.47. The van der Waals surface area contributed by atoms with Crippen LogP contribution in [0.1, 0.15) is 22.8 Å². The number of hydrogen-bond donors (Lipinski definition) is 0. The Kier molecular flexibility index (Phi) is 4.39. The quantitative estimate of drug-likeness (QED) is 0.755. The Balaban J connectivity index is 1.53. The maximum atomic E-state index is 13.5. The molecule has 0 N–H and O–H groups in total. The number of rotatable bonds is 3. The van der Waals surface area contributed by atoms with E-state index in [1.54, 1.807) is 45.4 Å². The third-order valence-electron chi connectivity index (χ3n) is 6.19. The summed E-state index contributed by atoms with van der Waals surface area (Å²) in [5.41, 5.74) is 0.144. The number of methoxy groups -OCH3 is 2. The molecule has 1 fully saturated rings. The minimum absolute atomic E-state index is 0.00412. The van der Waals surface area contributed by atoms with Gasteiger partial charge in [0.2, 0.25) is 0 Å². The lowest BCUT2D eigenvalue weighted by Gasteiger charge is -2.44. The molecule has 3 aliphatic heterocycles. The Hall–Kier alpha value is -2.80. The van der Waals surface area contributed by atoms with Gasteiger partial charge >= 0.3 is 0 Å². The summed E-state index contributed by atoms with van der Waals surface area (Å²) in [5.74, 6) is 1.51. The first-order chi connectivity index (χ1) is 14.5. The van der Waals surface area contributed by atoms with Crippen LogP contribution in [0.4, 0.5) is 4.39 Å². The molecule has 0 amide bonds. The third-order valence-corrected chi connectivity index (χ3v) is 6.19. The Morgan fingerprint density at radius 3 is 2.70 bits per heavy atom. The zero-order valence-electron chi connectivity index (χ0n) is 17.0. The first-order valence-electron chi connectivity index (χ1n) is 9.93. The molecule has 158 valence electrons. The molecule has 4 aliphatic rings. The summed E-state index contributed by atoms with van der Waals surface area (Å²) in [6.45, 7) is 1.30. The van der Waals surface area contributed by atoms with Gasteiger partial charge in [0.1, 0.15) is 24.3 Å². The van der Waals surface area contributed by atoms with E-state index in [1.807, 2.05) is 12.2 Å². The molecule has 0 spiro atoms. The van der Waals surface area contributed by atoms with Gasteiger partial charge < -0.3 is 23.7 Å². The lowest BCUT2D eigenvalue weighted by atomic mass is 9.73. The van der Waals surface area contributed by atoms with Crippen LogP contribution in [0.25, 0.3) is 6.08 Å². The topological polar surface area (TPSA) is 63.2 Å². The number of alkyl halides is 1. The highest BCUT2D eigenvalue weighted by atomic mass is 19.1. The van der Waals surface area contributed by atoms with Crippen LogP contribution < -0.4 is 9.47 Å². The lowest BCUT2D eigenvalue weighted by molar-refractivity contribution is -0.0821. The monoisotopic (exact) mass is 414 g/mol. The molecule has 5 rings (SSSR count). The summed E-state index contributed by atoms with van der Waals surface area (Å²) in [6, 6.07) is 3.42. The van der Waals surface area contributed by atoms with Gasteiger partial charge in [0.25, 0.3) is 0 Å². The van der Waals surface area contributed by atoms with Crippen LogP contribution in [0.15, 0.2) is 41.9 Å². The zero-order chi connectivity index (χ0) is 21.0. The second-order valence-corrected chi connectivity index (χ2v) is 8.13. The van der Waals surface area contributed by atoms with Crippen molar-refractivity contribution in [3.63, 3.8) is 0 Å². The summed E-state index contributed by atoms with van der Waals surface area (Å²) >= 11 is 0. The van der Waals surface area contributed by atoms with Crippen molar-refractivity contribution in [2.75, 3.05) is 27.5 Å². The average Bonchev–Trinajstić information content (AvgIpc) is 2.77. The number of Topliss-reactive ketones (excluding diaryl/α,β-unsaturated/α-hetero) is 1. The first-order valence-corrected chi connectivity index (χ1v) is 9.93. The first kappa shape index (κ1) is 19.2. The molecule has 30 heavy (non-hydrogen) atoms. The molecule has 0 radical (unpaired) electrons. The fourth-order valence-electron chi connectivity index (χ4n) is 4.60. The van der Waals surface area contributed by atoms with Crippen LogP contribution in [0.3, 0.4) is 0 Å². The van der Waals surface area contributed by atoms with E-state index in [4.69, 9.17) is 23.7 Å². The number of carbonyl (C=O) groups excluding carboxylic acids is 1. The van der Waals surface area contributed by atoms with E-state index in [9.17, 15) is 9.18 Å². The minimum atomic E-state index is -1.02. The summed E-state index contributed by atoms with van der Waals surface area (Å²) in [5, 5.41) is 0. The van der Waals surface area contributed by atoms with Gasteiger partial charge in [0.05, 0.1) is 44.0 Å². The van der Waals surface area contributed by atoms with E-state index in [0.29, 0.717) is 34.1 Å². The highest BCUT2D eigenvalue weighted by Gasteiger charge is 2.50. The number of benzene rings is 1. The second-order valence-electron chi connectivity index (χ2n) is 8.13. The van der Waals surface area contributed by atoms with Crippen LogP contribution in [0.2, 0.25) is 0 Å². The van der Waals surface area contributed by atoms with Gasteiger partial charge in [-0.1, -0.05) is 0 Å². The lowest BCUT2D eigenvalue weighted by Crippen LogP contribution is -2.53. The van der Waals surface area contributed by atoms with Gasteiger partial charge in [-0.3, -0.25) is 4.79 Å². The molecule has 0 aromatic heterocycles. The second kappa shape index (κ2) is 6.87. The van der Waals surface area contributed by atoms with E-state index in [2.05, 4.69) is 0 Å². The van der Waals surface area contributed by atoms with Gasteiger partial charge in [-0.05, 0) is 43.4 Å². The van der Waals surface area contributed by atoms with E-state index in [0.717, 1.165) is 0 Å². The summed E-state index contributed by atoms with van der Waals surface area (Å²) < 4.78 is 42.3. The van der Waals surface area contributed by atoms with Crippen molar-refractivity contribution in [3.8, 4) is 11.5 Å². The van der Waals surface area contributed by atoms with Crippen LogP contribution in [-0.4, -0.2) is 51.1 Å². The normalized spacial score (nSPS) is 33.5. The smallest absolute Gasteiger partial charge is 0.174 e. The Morgan fingerprint density at radius 1 is 1.20 bits per heavy atom. The highest BCUT2D eigenvalue weighted by molar-refractivity contribution is 6.03. The number of fused-ring (bicyclic) bond motifs is 6. The number of ketones is 1. The molecule has 1 aliphatic carbocycles. The average molecular weight is 414 g/mol. The number of hydrogen-bond acceptors (Lipinski definition) is 6. The van der Waals surface area contributed by atoms with Gasteiger partial charge in [0.15, 0.2) is 22.9 Å². The molecule has 0 bridgehead atoms. The van der Waals surface area contributed by atoms with Crippen molar-refractivity contribution in [1.82, 2.24) is 0 Å². The van der Waals surface area contributed by atoms with Crippen LogP contribution in [0, 0.1) is 11.8 Å².